The number of nitrogens with one attached hydrogen (secondary N) is 3. The highest BCUT2D eigenvalue weighted by Gasteiger charge is 2.16. The van der Waals surface area contributed by atoms with Gasteiger partial charge in [0.2, 0.25) is 10.0 Å². The number of ether oxygens (including phenoxy) is 1. The predicted molar refractivity (Wildman–Crippen MR) is 109 cm³/mol. The Labute approximate surface area is 164 Å². The molecule has 150 valence electrons. The Kier molecular flexibility index (Phi) is 6.30. The van der Waals surface area contributed by atoms with Crippen molar-refractivity contribution in [2.45, 2.75) is 26.4 Å². The Bertz CT molecular complexity index is 964. The minimum absolute atomic E-state index is 0.184. The average molecular weight is 405 g/mol. The van der Waals surface area contributed by atoms with Crippen molar-refractivity contribution >= 4 is 39.1 Å². The molecule has 0 aliphatic rings. The largest absolute Gasteiger partial charge is 0.444 e. The van der Waals surface area contributed by atoms with E-state index in [1.54, 1.807) is 57.2 Å². The monoisotopic (exact) mass is 405 g/mol. The van der Waals surface area contributed by atoms with Gasteiger partial charge in [-0.2, -0.15) is 0 Å². The molecule has 0 saturated heterocycles. The van der Waals surface area contributed by atoms with Gasteiger partial charge in [-0.3, -0.25) is 14.8 Å². The summed E-state index contributed by atoms with van der Waals surface area (Å²) in [6, 6.07) is 12.7. The van der Waals surface area contributed by atoms with E-state index in [9.17, 15) is 18.0 Å². The third kappa shape index (κ3) is 6.92. The zero-order valence-electron chi connectivity index (χ0n) is 16.1. The van der Waals surface area contributed by atoms with E-state index in [4.69, 9.17) is 4.74 Å². The van der Waals surface area contributed by atoms with Crippen LogP contribution in [0.2, 0.25) is 0 Å². The molecule has 2 rings (SSSR count). The number of carbonyl (C=O) groups is 2. The van der Waals surface area contributed by atoms with E-state index in [-0.39, 0.29) is 11.3 Å². The van der Waals surface area contributed by atoms with Crippen LogP contribution in [-0.4, -0.2) is 32.3 Å². The van der Waals surface area contributed by atoms with Crippen LogP contribution in [0.15, 0.2) is 48.5 Å². The summed E-state index contributed by atoms with van der Waals surface area (Å²) in [6.07, 6.45) is 0.433. The van der Waals surface area contributed by atoms with Crippen LogP contribution < -0.4 is 15.4 Å². The van der Waals surface area contributed by atoms with E-state index < -0.39 is 27.6 Å². The molecule has 0 bridgehead atoms. The molecule has 0 spiro atoms. The molecule has 0 unspecified atom stereocenters. The van der Waals surface area contributed by atoms with Crippen LogP contribution in [0.25, 0.3) is 0 Å². The van der Waals surface area contributed by atoms with Gasteiger partial charge in [-0.15, -0.1) is 0 Å². The van der Waals surface area contributed by atoms with E-state index in [0.29, 0.717) is 11.4 Å². The Morgan fingerprint density at radius 3 is 1.96 bits per heavy atom. The molecule has 2 aromatic rings. The molecule has 0 aromatic heterocycles. The number of para-hydroxylation sites is 1. The molecule has 0 aliphatic carbocycles. The van der Waals surface area contributed by atoms with Crippen molar-refractivity contribution in [3.05, 3.63) is 54.1 Å². The van der Waals surface area contributed by atoms with Gasteiger partial charge in [0.05, 0.1) is 17.5 Å². The van der Waals surface area contributed by atoms with Crippen molar-refractivity contribution in [3.63, 3.8) is 0 Å². The second-order valence-corrected chi connectivity index (χ2v) is 8.83. The van der Waals surface area contributed by atoms with E-state index in [0.717, 1.165) is 6.26 Å². The number of carbonyl (C=O) groups excluding carboxylic acids is 2. The summed E-state index contributed by atoms with van der Waals surface area (Å²) in [7, 11) is -3.52. The Morgan fingerprint density at radius 1 is 0.893 bits per heavy atom. The Balaban J connectivity index is 2.07. The van der Waals surface area contributed by atoms with Gasteiger partial charge in [0, 0.05) is 11.4 Å². The van der Waals surface area contributed by atoms with Gasteiger partial charge >= 0.3 is 6.09 Å². The number of hydrogen-bond donors (Lipinski definition) is 3. The second kappa shape index (κ2) is 8.30. The van der Waals surface area contributed by atoms with E-state index in [2.05, 4.69) is 15.4 Å². The topological polar surface area (TPSA) is 114 Å². The summed E-state index contributed by atoms with van der Waals surface area (Å²) in [5, 5.41) is 5.28. The smallest absolute Gasteiger partial charge is 0.412 e. The average Bonchev–Trinajstić information content (AvgIpc) is 2.54. The summed E-state index contributed by atoms with van der Waals surface area (Å²) in [4.78, 5) is 24.3. The van der Waals surface area contributed by atoms with Gasteiger partial charge < -0.3 is 10.1 Å². The maximum absolute atomic E-state index is 12.5. The zero-order chi connectivity index (χ0) is 20.9. The number of amides is 2. The van der Waals surface area contributed by atoms with Crippen LogP contribution in [0, 0.1) is 0 Å². The molecule has 8 nitrogen and oxygen atoms in total. The van der Waals surface area contributed by atoms with E-state index >= 15 is 0 Å². The highest BCUT2D eigenvalue weighted by Crippen LogP contribution is 2.20. The van der Waals surface area contributed by atoms with Gasteiger partial charge in [-0.05, 0) is 57.2 Å². The molecule has 2 aromatic carbocycles. The first-order valence-corrected chi connectivity index (χ1v) is 10.3. The minimum Gasteiger partial charge on any atom is -0.444 e. The first kappa shape index (κ1) is 21.2. The van der Waals surface area contributed by atoms with Crippen molar-refractivity contribution < 1.29 is 22.7 Å². The minimum atomic E-state index is -3.52. The summed E-state index contributed by atoms with van der Waals surface area (Å²) < 4.78 is 30.4. The fourth-order valence-electron chi connectivity index (χ4n) is 2.23. The molecule has 28 heavy (non-hydrogen) atoms. The number of benzene rings is 2. The van der Waals surface area contributed by atoms with Crippen LogP contribution in [0.4, 0.5) is 21.9 Å². The van der Waals surface area contributed by atoms with Crippen molar-refractivity contribution in [2.75, 3.05) is 21.6 Å². The first-order valence-electron chi connectivity index (χ1n) is 8.41. The third-order valence-corrected chi connectivity index (χ3v) is 3.85. The molecule has 0 aliphatic heterocycles. The number of sulfonamides is 1. The lowest BCUT2D eigenvalue weighted by molar-refractivity contribution is 0.0635. The van der Waals surface area contributed by atoms with Crippen molar-refractivity contribution in [1.29, 1.82) is 0 Å². The molecule has 0 atom stereocenters. The fourth-order valence-corrected chi connectivity index (χ4v) is 2.80. The molecule has 9 heteroatoms. The quantitative estimate of drug-likeness (QED) is 0.702. The van der Waals surface area contributed by atoms with E-state index in [1.165, 1.54) is 12.1 Å². The summed E-state index contributed by atoms with van der Waals surface area (Å²) >= 11 is 0. The van der Waals surface area contributed by atoms with Gasteiger partial charge in [-0.1, -0.05) is 12.1 Å². The first-order chi connectivity index (χ1) is 12.9. The molecule has 0 radical (unpaired) electrons. The van der Waals surface area contributed by atoms with Gasteiger partial charge in [0.1, 0.15) is 5.60 Å². The number of rotatable bonds is 5. The maximum atomic E-state index is 12.5. The molecule has 0 fully saturated rings. The molecular weight excluding hydrogens is 382 g/mol. The fraction of sp³-hybridized carbons (Fsp3) is 0.263. The van der Waals surface area contributed by atoms with Crippen molar-refractivity contribution in [2.24, 2.45) is 0 Å². The zero-order valence-corrected chi connectivity index (χ0v) is 16.9. The van der Waals surface area contributed by atoms with E-state index in [1.807, 2.05) is 0 Å². The van der Waals surface area contributed by atoms with Gasteiger partial charge in [0.25, 0.3) is 5.91 Å². The molecule has 3 N–H and O–H groups in total. The maximum Gasteiger partial charge on any atom is 0.412 e. The normalized spacial score (nSPS) is 11.4. The van der Waals surface area contributed by atoms with Crippen LogP contribution >= 0.6 is 0 Å². The van der Waals surface area contributed by atoms with Crippen molar-refractivity contribution in [1.82, 2.24) is 0 Å². The van der Waals surface area contributed by atoms with Crippen LogP contribution in [0.5, 0.6) is 0 Å². The lowest BCUT2D eigenvalue weighted by Gasteiger charge is -2.19. The lowest BCUT2D eigenvalue weighted by atomic mass is 10.1. The number of hydrogen-bond acceptors (Lipinski definition) is 5. The molecule has 0 saturated carbocycles. The molecular formula is C19H23N3O5S. The van der Waals surface area contributed by atoms with Gasteiger partial charge in [-0.25, -0.2) is 13.2 Å². The SMILES string of the molecule is CC(C)(C)OC(=O)Nc1ccc(NC(=O)c2ccccc2NS(C)(=O)=O)cc1. The molecule has 0 heterocycles. The van der Waals surface area contributed by atoms with Crippen LogP contribution in [-0.2, 0) is 14.8 Å². The predicted octanol–water partition coefficient (Wildman–Crippen LogP) is 3.66. The van der Waals surface area contributed by atoms with Crippen molar-refractivity contribution in [3.8, 4) is 0 Å². The second-order valence-electron chi connectivity index (χ2n) is 7.08. The lowest BCUT2D eigenvalue weighted by Crippen LogP contribution is -2.27. The van der Waals surface area contributed by atoms with Gasteiger partial charge in [0.15, 0.2) is 0 Å². The van der Waals surface area contributed by atoms with Crippen LogP contribution in [0.3, 0.4) is 0 Å². The number of anilines is 3. The molecule has 2 amide bonds. The Hall–Kier alpha value is -3.07. The summed E-state index contributed by atoms with van der Waals surface area (Å²) in [5.41, 5.74) is 0.751. The Morgan fingerprint density at radius 2 is 1.43 bits per heavy atom. The standard InChI is InChI=1S/C19H23N3O5S/c1-19(2,3)27-18(24)21-14-11-9-13(10-12-14)20-17(23)15-7-5-6-8-16(15)22-28(4,25)26/h5-12,22H,1-4H3,(H,20,23)(H,21,24). The van der Waals surface area contributed by atoms with Crippen LogP contribution in [0.1, 0.15) is 31.1 Å². The summed E-state index contributed by atoms with van der Waals surface area (Å²) in [5.74, 6) is -0.473. The highest BCUT2D eigenvalue weighted by molar-refractivity contribution is 7.92. The third-order valence-electron chi connectivity index (χ3n) is 3.26. The summed E-state index contributed by atoms with van der Waals surface area (Å²) in [6.45, 7) is 5.30. The highest BCUT2D eigenvalue weighted by atomic mass is 32.2.